The Labute approximate surface area is 79.2 Å². The summed E-state index contributed by atoms with van der Waals surface area (Å²) in [4.78, 5) is 11.5. The fraction of sp³-hybridized carbons (Fsp3) is 0.750. The van der Waals surface area contributed by atoms with Gasteiger partial charge >= 0.3 is 0 Å². The van der Waals surface area contributed by atoms with Crippen LogP contribution in [-0.4, -0.2) is 5.78 Å². The second kappa shape index (κ2) is 2.26. The second-order valence-corrected chi connectivity index (χ2v) is 5.12. The number of rotatable bonds is 0. The summed E-state index contributed by atoms with van der Waals surface area (Å²) in [5.41, 5.74) is 0. The van der Waals surface area contributed by atoms with Gasteiger partial charge in [0.25, 0.3) is 0 Å². The summed E-state index contributed by atoms with van der Waals surface area (Å²) in [5, 5.41) is 0. The predicted molar refractivity (Wildman–Crippen MR) is 51.1 cm³/mol. The molecule has 2 fully saturated rings. The number of allylic oxidation sites excluding steroid dienone is 2. The van der Waals surface area contributed by atoms with Crippen molar-refractivity contribution in [2.75, 3.05) is 0 Å². The molecule has 0 saturated heterocycles. The Balaban J connectivity index is 2.01. The second-order valence-electron chi connectivity index (χ2n) is 5.12. The number of carbonyl (C=O) groups is 1. The summed E-state index contributed by atoms with van der Waals surface area (Å²) >= 11 is 0. The normalized spacial score (nSPS) is 57.5. The van der Waals surface area contributed by atoms with Crippen LogP contribution in [0.25, 0.3) is 0 Å². The van der Waals surface area contributed by atoms with E-state index in [4.69, 9.17) is 0 Å². The van der Waals surface area contributed by atoms with Crippen LogP contribution in [0, 0.1) is 35.5 Å². The number of Topliss-reactive ketones (excluding diaryl/α,β-unsaturated/α-hetero) is 1. The lowest BCUT2D eigenvalue weighted by Crippen LogP contribution is -2.56. The molecule has 0 heterocycles. The van der Waals surface area contributed by atoms with E-state index in [-0.39, 0.29) is 0 Å². The van der Waals surface area contributed by atoms with Crippen LogP contribution in [0.3, 0.4) is 0 Å². The molecule has 2 bridgehead atoms. The Morgan fingerprint density at radius 3 is 2.46 bits per heavy atom. The van der Waals surface area contributed by atoms with E-state index in [2.05, 4.69) is 26.0 Å². The van der Waals surface area contributed by atoms with Crippen molar-refractivity contribution in [3.63, 3.8) is 0 Å². The monoisotopic (exact) mass is 176 g/mol. The molecule has 4 aliphatic rings. The highest BCUT2D eigenvalue weighted by atomic mass is 16.1. The zero-order chi connectivity index (χ0) is 9.16. The SMILES string of the molecule is CC1C(C)C2C=CC1C1CC(=O)C21. The Kier molecular flexibility index (Phi) is 1.35. The van der Waals surface area contributed by atoms with Crippen LogP contribution in [0.5, 0.6) is 0 Å². The van der Waals surface area contributed by atoms with Gasteiger partial charge in [-0.05, 0) is 29.6 Å². The Bertz CT molecular complexity index is 291. The van der Waals surface area contributed by atoms with Gasteiger partial charge in [0.05, 0.1) is 0 Å². The molecule has 6 atom stereocenters. The summed E-state index contributed by atoms with van der Waals surface area (Å²) in [6.45, 7) is 4.67. The summed E-state index contributed by atoms with van der Waals surface area (Å²) in [5.74, 6) is 4.47. The smallest absolute Gasteiger partial charge is 0.137 e. The number of hydrogen-bond acceptors (Lipinski definition) is 1. The van der Waals surface area contributed by atoms with E-state index in [0.29, 0.717) is 29.5 Å². The van der Waals surface area contributed by atoms with Crippen LogP contribution in [0.2, 0.25) is 0 Å². The maximum absolute atomic E-state index is 11.5. The van der Waals surface area contributed by atoms with Gasteiger partial charge in [0.15, 0.2) is 0 Å². The van der Waals surface area contributed by atoms with Gasteiger partial charge in [-0.1, -0.05) is 26.0 Å². The molecule has 0 aromatic carbocycles. The van der Waals surface area contributed by atoms with Crippen LogP contribution < -0.4 is 0 Å². The lowest BCUT2D eigenvalue weighted by Gasteiger charge is -2.56. The van der Waals surface area contributed by atoms with Crippen molar-refractivity contribution in [1.82, 2.24) is 0 Å². The van der Waals surface area contributed by atoms with Gasteiger partial charge in [-0.15, -0.1) is 0 Å². The standard InChI is InChI=1S/C12H16O/c1-6-7(2)9-4-3-8(6)10-5-11(13)12(9)10/h3-4,6-10,12H,5H2,1-2H3. The summed E-state index contributed by atoms with van der Waals surface area (Å²) in [7, 11) is 0. The first-order valence-electron chi connectivity index (χ1n) is 5.41. The fourth-order valence-electron chi connectivity index (χ4n) is 3.74. The molecule has 0 radical (unpaired) electrons. The van der Waals surface area contributed by atoms with Crippen molar-refractivity contribution in [3.05, 3.63) is 12.2 Å². The number of carbonyl (C=O) groups excluding carboxylic acids is 1. The molecule has 0 aromatic rings. The van der Waals surface area contributed by atoms with E-state index in [0.717, 1.165) is 18.3 Å². The first-order chi connectivity index (χ1) is 6.20. The van der Waals surface area contributed by atoms with Gasteiger partial charge in [-0.25, -0.2) is 0 Å². The van der Waals surface area contributed by atoms with Gasteiger partial charge in [-0.3, -0.25) is 4.79 Å². The van der Waals surface area contributed by atoms with E-state index in [1.807, 2.05) is 0 Å². The molecule has 4 aliphatic carbocycles. The number of hydrogen-bond donors (Lipinski definition) is 0. The number of fused-ring (bicyclic) bond motifs is 1. The minimum atomic E-state index is 0.418. The van der Waals surface area contributed by atoms with E-state index >= 15 is 0 Å². The van der Waals surface area contributed by atoms with Gasteiger partial charge in [0.1, 0.15) is 5.78 Å². The third-order valence-corrected chi connectivity index (χ3v) is 4.78. The summed E-state index contributed by atoms with van der Waals surface area (Å²) < 4.78 is 0. The van der Waals surface area contributed by atoms with Crippen molar-refractivity contribution in [1.29, 1.82) is 0 Å². The summed E-state index contributed by atoms with van der Waals surface area (Å²) in [6, 6.07) is 0. The molecule has 13 heavy (non-hydrogen) atoms. The average molecular weight is 176 g/mol. The lowest BCUT2D eigenvalue weighted by molar-refractivity contribution is -0.147. The van der Waals surface area contributed by atoms with Gasteiger partial charge < -0.3 is 0 Å². The van der Waals surface area contributed by atoms with E-state index in [9.17, 15) is 4.79 Å². The summed E-state index contributed by atoms with van der Waals surface area (Å²) in [6.07, 6.45) is 5.56. The average Bonchev–Trinajstić information content (AvgIpc) is 2.10. The molecule has 1 nitrogen and oxygen atoms in total. The van der Waals surface area contributed by atoms with Crippen LogP contribution in [0.15, 0.2) is 12.2 Å². The molecule has 0 aromatic heterocycles. The minimum Gasteiger partial charge on any atom is -0.299 e. The molecular weight excluding hydrogens is 160 g/mol. The Hall–Kier alpha value is -0.590. The van der Waals surface area contributed by atoms with Gasteiger partial charge in [0.2, 0.25) is 0 Å². The zero-order valence-corrected chi connectivity index (χ0v) is 8.23. The molecule has 0 aliphatic heterocycles. The Morgan fingerprint density at radius 1 is 1.15 bits per heavy atom. The van der Waals surface area contributed by atoms with Crippen molar-refractivity contribution in [2.24, 2.45) is 35.5 Å². The van der Waals surface area contributed by atoms with E-state index < -0.39 is 0 Å². The van der Waals surface area contributed by atoms with Crippen LogP contribution in [0.4, 0.5) is 0 Å². The van der Waals surface area contributed by atoms with Crippen molar-refractivity contribution in [2.45, 2.75) is 20.3 Å². The molecule has 2 saturated carbocycles. The third kappa shape index (κ3) is 0.762. The van der Waals surface area contributed by atoms with Crippen LogP contribution >= 0.6 is 0 Å². The predicted octanol–water partition coefficient (Wildman–Crippen LogP) is 2.28. The fourth-order valence-corrected chi connectivity index (χ4v) is 3.74. The molecule has 1 heteroatoms. The topological polar surface area (TPSA) is 17.1 Å². The van der Waals surface area contributed by atoms with Crippen LogP contribution in [-0.2, 0) is 4.79 Å². The van der Waals surface area contributed by atoms with Gasteiger partial charge in [-0.2, -0.15) is 0 Å². The van der Waals surface area contributed by atoms with E-state index in [1.54, 1.807) is 0 Å². The molecule has 4 rings (SSSR count). The molecule has 0 amide bonds. The quantitative estimate of drug-likeness (QED) is 0.517. The van der Waals surface area contributed by atoms with Crippen molar-refractivity contribution in [3.8, 4) is 0 Å². The highest BCUT2D eigenvalue weighted by Crippen LogP contribution is 2.57. The molecule has 0 N–H and O–H groups in total. The minimum absolute atomic E-state index is 0.418. The molecule has 0 spiro atoms. The zero-order valence-electron chi connectivity index (χ0n) is 8.23. The van der Waals surface area contributed by atoms with Crippen molar-refractivity contribution >= 4 is 5.78 Å². The highest BCUT2D eigenvalue weighted by Gasteiger charge is 2.56. The highest BCUT2D eigenvalue weighted by molar-refractivity contribution is 5.88. The lowest BCUT2D eigenvalue weighted by atomic mass is 9.47. The third-order valence-electron chi connectivity index (χ3n) is 4.78. The molecule has 6 unspecified atom stereocenters. The maximum atomic E-state index is 11.5. The first kappa shape index (κ1) is 7.78. The first-order valence-corrected chi connectivity index (χ1v) is 5.41. The van der Waals surface area contributed by atoms with Crippen molar-refractivity contribution < 1.29 is 4.79 Å². The molecular formula is C12H16O. The number of ketones is 1. The van der Waals surface area contributed by atoms with Crippen LogP contribution in [0.1, 0.15) is 20.3 Å². The van der Waals surface area contributed by atoms with Gasteiger partial charge in [0, 0.05) is 12.3 Å². The largest absolute Gasteiger partial charge is 0.299 e. The maximum Gasteiger partial charge on any atom is 0.137 e. The Morgan fingerprint density at radius 2 is 1.77 bits per heavy atom. The van der Waals surface area contributed by atoms with E-state index in [1.165, 1.54) is 0 Å². The molecule has 70 valence electrons.